The van der Waals surface area contributed by atoms with Crippen molar-refractivity contribution in [1.29, 1.82) is 0 Å². The number of benzene rings is 2. The van der Waals surface area contributed by atoms with Crippen molar-refractivity contribution in [2.45, 2.75) is 33.4 Å². The van der Waals surface area contributed by atoms with Crippen LogP contribution in [0.2, 0.25) is 0 Å². The number of amides is 1. The fourth-order valence-electron chi connectivity index (χ4n) is 3.72. The monoisotopic (exact) mass is 418 g/mol. The summed E-state index contributed by atoms with van der Waals surface area (Å²) in [5.74, 6) is 0.822. The first-order valence-electron chi connectivity index (χ1n) is 10.2. The molecule has 4 rings (SSSR count). The molecule has 2 aromatic carbocycles. The number of carbonyl (C=O) groups excluding carboxylic acids is 1. The molecule has 160 valence electrons. The third-order valence-corrected chi connectivity index (χ3v) is 5.53. The van der Waals surface area contributed by atoms with Gasteiger partial charge in [-0.05, 0) is 44.0 Å². The normalized spacial score (nSPS) is 16.0. The molecule has 0 saturated carbocycles. The molecule has 0 bridgehead atoms. The zero-order valence-electron chi connectivity index (χ0n) is 18.1. The second-order valence-electron chi connectivity index (χ2n) is 7.59. The summed E-state index contributed by atoms with van der Waals surface area (Å²) in [5, 5.41) is 9.02. The van der Waals surface area contributed by atoms with E-state index in [1.54, 1.807) is 13.2 Å². The second kappa shape index (κ2) is 8.65. The number of ether oxygens (including phenoxy) is 1. The van der Waals surface area contributed by atoms with Crippen molar-refractivity contribution in [3.05, 3.63) is 82.8 Å². The van der Waals surface area contributed by atoms with Crippen molar-refractivity contribution < 1.29 is 14.1 Å². The topological polar surface area (TPSA) is 79.6 Å². The first-order chi connectivity index (χ1) is 15.0. The molecule has 2 N–H and O–H groups in total. The van der Waals surface area contributed by atoms with Gasteiger partial charge >= 0.3 is 0 Å². The van der Waals surface area contributed by atoms with Crippen LogP contribution in [0, 0.1) is 6.92 Å². The van der Waals surface area contributed by atoms with Crippen LogP contribution in [-0.4, -0.2) is 29.2 Å². The minimum atomic E-state index is -0.314. The minimum Gasteiger partial charge on any atom is -0.496 e. The van der Waals surface area contributed by atoms with E-state index in [0.717, 1.165) is 17.0 Å². The average Bonchev–Trinajstić information content (AvgIpc) is 3.36. The number of hydrogen-bond donors (Lipinski definition) is 2. The van der Waals surface area contributed by atoms with Crippen molar-refractivity contribution in [3.8, 4) is 17.1 Å². The lowest BCUT2D eigenvalue weighted by atomic mass is 10.1. The number of methoxy groups -OCH3 is 1. The molecule has 1 amide bonds. The van der Waals surface area contributed by atoms with Crippen molar-refractivity contribution in [3.63, 3.8) is 0 Å². The average molecular weight is 418 g/mol. The highest BCUT2D eigenvalue weighted by Gasteiger charge is 2.28. The predicted octanol–water partition coefficient (Wildman–Crippen LogP) is 4.03. The summed E-state index contributed by atoms with van der Waals surface area (Å²) in [5.41, 5.74) is 8.62. The van der Waals surface area contributed by atoms with E-state index in [1.807, 2.05) is 50.2 Å². The number of nitrogens with zero attached hydrogens (tertiary/aromatic N) is 2. The molecule has 1 aliphatic rings. The number of rotatable bonds is 6. The number of hydrogen-bond acceptors (Lipinski definition) is 6. The molecule has 0 saturated heterocycles. The Kier molecular flexibility index (Phi) is 5.77. The fourth-order valence-corrected chi connectivity index (χ4v) is 3.72. The van der Waals surface area contributed by atoms with Gasteiger partial charge in [0, 0.05) is 11.8 Å². The summed E-state index contributed by atoms with van der Waals surface area (Å²) >= 11 is 0. The lowest BCUT2D eigenvalue weighted by Gasteiger charge is -2.22. The quantitative estimate of drug-likeness (QED) is 0.629. The van der Waals surface area contributed by atoms with Crippen molar-refractivity contribution >= 4 is 5.91 Å². The Morgan fingerprint density at radius 2 is 1.94 bits per heavy atom. The molecule has 31 heavy (non-hydrogen) atoms. The highest BCUT2D eigenvalue weighted by Crippen LogP contribution is 2.30. The number of aryl methyl sites for hydroxylation is 1. The molecule has 0 fully saturated rings. The van der Waals surface area contributed by atoms with Gasteiger partial charge in [0.2, 0.25) is 0 Å². The third kappa shape index (κ3) is 4.18. The Morgan fingerprint density at radius 1 is 1.19 bits per heavy atom. The number of para-hydroxylation sites is 1. The fraction of sp³-hybridized carbons (Fsp3) is 0.250. The summed E-state index contributed by atoms with van der Waals surface area (Å²) in [6.07, 6.45) is 0. The molecule has 2 heterocycles. The lowest BCUT2D eigenvalue weighted by molar-refractivity contribution is 0.0954. The Labute approximate surface area is 181 Å². The van der Waals surface area contributed by atoms with Gasteiger partial charge in [0.25, 0.3) is 5.91 Å². The van der Waals surface area contributed by atoms with Crippen molar-refractivity contribution in [2.75, 3.05) is 7.11 Å². The number of nitrogens with one attached hydrogen (secondary N) is 2. The van der Waals surface area contributed by atoms with Crippen LogP contribution in [0.15, 0.2) is 70.5 Å². The van der Waals surface area contributed by atoms with Crippen LogP contribution in [0.4, 0.5) is 0 Å². The first-order valence-corrected chi connectivity index (χ1v) is 10.2. The van der Waals surface area contributed by atoms with Crippen LogP contribution in [0.5, 0.6) is 5.75 Å². The van der Waals surface area contributed by atoms with Crippen LogP contribution < -0.4 is 15.5 Å². The summed E-state index contributed by atoms with van der Waals surface area (Å²) in [4.78, 5) is 12.9. The molecule has 3 aromatic rings. The van der Waals surface area contributed by atoms with E-state index in [0.29, 0.717) is 18.1 Å². The maximum atomic E-state index is 12.9. The van der Waals surface area contributed by atoms with Gasteiger partial charge in [0.1, 0.15) is 5.75 Å². The molecule has 7 nitrogen and oxygen atoms in total. The molecule has 1 aliphatic heterocycles. The summed E-state index contributed by atoms with van der Waals surface area (Å²) in [6.45, 7) is 6.82. The van der Waals surface area contributed by atoms with Crippen LogP contribution in [0.25, 0.3) is 11.3 Å². The van der Waals surface area contributed by atoms with Crippen molar-refractivity contribution in [1.82, 2.24) is 20.9 Å². The van der Waals surface area contributed by atoms with E-state index in [1.165, 1.54) is 11.1 Å². The zero-order chi connectivity index (χ0) is 22.0. The second-order valence-corrected chi connectivity index (χ2v) is 7.59. The van der Waals surface area contributed by atoms with Gasteiger partial charge in [-0.15, -0.1) is 0 Å². The molecule has 7 heteroatoms. The molecule has 0 spiro atoms. The van der Waals surface area contributed by atoms with Gasteiger partial charge in [-0.1, -0.05) is 41.6 Å². The van der Waals surface area contributed by atoms with Gasteiger partial charge in [-0.2, -0.15) is 0 Å². The molecular weight excluding hydrogens is 392 g/mol. The molecule has 0 radical (unpaired) electrons. The highest BCUT2D eigenvalue weighted by atomic mass is 16.5. The van der Waals surface area contributed by atoms with Gasteiger partial charge < -0.3 is 19.6 Å². The van der Waals surface area contributed by atoms with E-state index in [4.69, 9.17) is 9.26 Å². The Morgan fingerprint density at radius 3 is 2.71 bits per heavy atom. The molecule has 1 aromatic heterocycles. The molecular formula is C24H26N4O3. The van der Waals surface area contributed by atoms with E-state index >= 15 is 0 Å². The summed E-state index contributed by atoms with van der Waals surface area (Å²) < 4.78 is 10.8. The number of hydrazine groups is 1. The Balaban J connectivity index is 1.51. The van der Waals surface area contributed by atoms with Crippen molar-refractivity contribution in [2.24, 2.45) is 0 Å². The number of carbonyl (C=O) groups is 1. The Bertz CT molecular complexity index is 1140. The van der Waals surface area contributed by atoms with E-state index < -0.39 is 0 Å². The van der Waals surface area contributed by atoms with Gasteiger partial charge in [-0.25, -0.2) is 5.43 Å². The van der Waals surface area contributed by atoms with Crippen LogP contribution >= 0.6 is 0 Å². The SMILES string of the molecule is COc1ccccc1-c1cc(C(=O)NC2=C(C)N(Cc3ccccc3C)N[C@@H]2C)no1. The van der Waals surface area contributed by atoms with Crippen LogP contribution in [-0.2, 0) is 6.54 Å². The maximum Gasteiger partial charge on any atom is 0.277 e. The smallest absolute Gasteiger partial charge is 0.277 e. The Hall–Kier alpha value is -3.58. The largest absolute Gasteiger partial charge is 0.496 e. The third-order valence-electron chi connectivity index (χ3n) is 5.53. The summed E-state index contributed by atoms with van der Waals surface area (Å²) in [6, 6.07) is 17.3. The molecule has 1 atom stereocenters. The maximum absolute atomic E-state index is 12.9. The highest BCUT2D eigenvalue weighted by molar-refractivity contribution is 5.94. The number of aromatic nitrogens is 1. The lowest BCUT2D eigenvalue weighted by Crippen LogP contribution is -2.37. The molecule has 0 unspecified atom stereocenters. The van der Waals surface area contributed by atoms with E-state index in [9.17, 15) is 4.79 Å². The van der Waals surface area contributed by atoms with E-state index in [-0.39, 0.29) is 17.6 Å². The van der Waals surface area contributed by atoms with Gasteiger partial charge in [0.05, 0.1) is 31.0 Å². The van der Waals surface area contributed by atoms with Crippen LogP contribution in [0.3, 0.4) is 0 Å². The number of allylic oxidation sites excluding steroid dienone is 1. The summed E-state index contributed by atoms with van der Waals surface area (Å²) in [7, 11) is 1.59. The zero-order valence-corrected chi connectivity index (χ0v) is 18.1. The first kappa shape index (κ1) is 20.7. The predicted molar refractivity (Wildman–Crippen MR) is 118 cm³/mol. The van der Waals surface area contributed by atoms with Gasteiger partial charge in [-0.3, -0.25) is 4.79 Å². The molecule has 0 aliphatic carbocycles. The van der Waals surface area contributed by atoms with Gasteiger partial charge in [0.15, 0.2) is 11.5 Å². The standard InChI is InChI=1S/C24H26N4O3/c1-15-9-5-6-10-18(15)14-28-17(3)23(16(2)26-28)25-24(29)20-13-22(31-27-20)19-11-7-8-12-21(19)30-4/h5-13,16,26H,14H2,1-4H3,(H,25,29)/t16-/m1/s1. The minimum absolute atomic E-state index is 0.0337. The van der Waals surface area contributed by atoms with Crippen LogP contribution in [0.1, 0.15) is 35.5 Å². The van der Waals surface area contributed by atoms with E-state index in [2.05, 4.69) is 40.0 Å².